The van der Waals surface area contributed by atoms with Gasteiger partial charge in [0.1, 0.15) is 0 Å². The van der Waals surface area contributed by atoms with E-state index in [0.717, 1.165) is 28.5 Å². The first-order valence-corrected chi connectivity index (χ1v) is 11.9. The van der Waals surface area contributed by atoms with Crippen LogP contribution < -0.4 is 14.8 Å². The van der Waals surface area contributed by atoms with Gasteiger partial charge >= 0.3 is 0 Å². The minimum absolute atomic E-state index is 0.0911. The van der Waals surface area contributed by atoms with Crippen molar-refractivity contribution < 1.29 is 14.3 Å². The number of nitriles is 1. The maximum Gasteiger partial charge on any atom is 0.162 e. The van der Waals surface area contributed by atoms with Crippen LogP contribution in [0.1, 0.15) is 43.7 Å². The highest BCUT2D eigenvalue weighted by Gasteiger charge is 2.42. The lowest BCUT2D eigenvalue weighted by molar-refractivity contribution is -0.118. The Labute approximate surface area is 199 Å². The van der Waals surface area contributed by atoms with Crippen molar-refractivity contribution in [3.63, 3.8) is 0 Å². The number of allylic oxidation sites excluding steroid dienone is 3. The van der Waals surface area contributed by atoms with E-state index in [4.69, 9.17) is 9.47 Å². The molecule has 1 aliphatic carbocycles. The normalized spacial score (nSPS) is 19.5. The van der Waals surface area contributed by atoms with Crippen LogP contribution in [0.25, 0.3) is 0 Å². The topological polar surface area (TPSA) is 71.3 Å². The summed E-state index contributed by atoms with van der Waals surface area (Å²) in [5, 5.41) is 14.5. The number of methoxy groups -OCH3 is 2. The van der Waals surface area contributed by atoms with Crippen LogP contribution in [0, 0.1) is 16.7 Å². The summed E-state index contributed by atoms with van der Waals surface area (Å²) in [6.07, 6.45) is 1.22. The molecule has 0 bridgehead atoms. The van der Waals surface area contributed by atoms with Crippen molar-refractivity contribution in [1.29, 1.82) is 5.26 Å². The quantitative estimate of drug-likeness (QED) is 0.596. The average molecular weight is 461 g/mol. The lowest BCUT2D eigenvalue weighted by Gasteiger charge is -2.39. The molecule has 0 spiro atoms. The molecule has 2 aliphatic rings. The van der Waals surface area contributed by atoms with Crippen molar-refractivity contribution in [2.75, 3.05) is 14.2 Å². The van der Waals surface area contributed by atoms with Gasteiger partial charge in [-0.3, -0.25) is 4.79 Å². The smallest absolute Gasteiger partial charge is 0.162 e. The van der Waals surface area contributed by atoms with Gasteiger partial charge in [0, 0.05) is 23.4 Å². The Hall–Kier alpha value is -3.17. The van der Waals surface area contributed by atoms with Crippen LogP contribution in [0.4, 0.5) is 0 Å². The minimum Gasteiger partial charge on any atom is -0.493 e. The number of Topliss-reactive ketones (excluding diaryl/α,β-unsaturated/α-hetero) is 1. The van der Waals surface area contributed by atoms with E-state index in [1.807, 2.05) is 36.4 Å². The monoisotopic (exact) mass is 460 g/mol. The maximum atomic E-state index is 13.4. The summed E-state index contributed by atoms with van der Waals surface area (Å²) in [5.74, 6) is 1.57. The third-order valence-corrected chi connectivity index (χ3v) is 7.18. The largest absolute Gasteiger partial charge is 0.493 e. The highest BCUT2D eigenvalue weighted by Crippen LogP contribution is 2.49. The van der Waals surface area contributed by atoms with Crippen molar-refractivity contribution >= 4 is 17.5 Å². The highest BCUT2D eigenvalue weighted by molar-refractivity contribution is 8.02. The van der Waals surface area contributed by atoms with E-state index in [2.05, 4.69) is 37.4 Å². The second-order valence-electron chi connectivity index (χ2n) is 9.13. The lowest BCUT2D eigenvalue weighted by atomic mass is 9.69. The molecular formula is C27H28N2O3S. The van der Waals surface area contributed by atoms with E-state index in [0.29, 0.717) is 29.1 Å². The summed E-state index contributed by atoms with van der Waals surface area (Å²) in [6, 6.07) is 18.2. The third-order valence-electron chi connectivity index (χ3n) is 6.09. The number of nitrogens with one attached hydrogen (secondary N) is 1. The molecule has 4 rings (SSSR count). The lowest BCUT2D eigenvalue weighted by Crippen LogP contribution is -2.36. The molecule has 1 aliphatic heterocycles. The fourth-order valence-electron chi connectivity index (χ4n) is 4.59. The molecule has 0 radical (unpaired) electrons. The van der Waals surface area contributed by atoms with Crippen LogP contribution in [0.2, 0.25) is 0 Å². The summed E-state index contributed by atoms with van der Waals surface area (Å²) >= 11 is 1.60. The fourth-order valence-corrected chi connectivity index (χ4v) is 5.60. The molecule has 33 heavy (non-hydrogen) atoms. The SMILES string of the molecule is COc1ccc([C@H]2C(C#N)=C(SCc3ccccc3)NC3=C2C(=O)CC(C)(C)C3)cc1OC. The predicted octanol–water partition coefficient (Wildman–Crippen LogP) is 5.70. The highest BCUT2D eigenvalue weighted by atomic mass is 32.2. The molecule has 0 unspecified atom stereocenters. The molecule has 2 aromatic rings. The molecular weight excluding hydrogens is 432 g/mol. The standard InChI is InChI=1S/C27H28N2O3S/c1-27(2)13-20-25(21(30)14-27)24(18-10-11-22(31-3)23(12-18)32-4)19(15-28)26(29-20)33-16-17-8-6-5-7-9-17/h5-12,24,29H,13-14,16H2,1-4H3/t24-/m0/s1. The molecule has 1 N–H and O–H groups in total. The number of thioether (sulfide) groups is 1. The Morgan fingerprint density at radius 2 is 1.82 bits per heavy atom. The molecule has 5 nitrogen and oxygen atoms in total. The summed E-state index contributed by atoms with van der Waals surface area (Å²) < 4.78 is 10.9. The summed E-state index contributed by atoms with van der Waals surface area (Å²) in [6.45, 7) is 4.23. The third kappa shape index (κ3) is 4.65. The molecule has 1 atom stereocenters. The van der Waals surface area contributed by atoms with Crippen molar-refractivity contribution in [2.24, 2.45) is 5.41 Å². The molecule has 170 valence electrons. The van der Waals surface area contributed by atoms with E-state index in [1.54, 1.807) is 26.0 Å². The number of ether oxygens (including phenoxy) is 2. The first-order chi connectivity index (χ1) is 15.9. The Balaban J connectivity index is 1.81. The summed E-state index contributed by atoms with van der Waals surface area (Å²) in [5.41, 5.74) is 4.08. The molecule has 0 saturated carbocycles. The molecule has 0 aromatic heterocycles. The predicted molar refractivity (Wildman–Crippen MR) is 131 cm³/mol. The van der Waals surface area contributed by atoms with Crippen LogP contribution in [0.5, 0.6) is 11.5 Å². The minimum atomic E-state index is -0.437. The van der Waals surface area contributed by atoms with Gasteiger partial charge in [-0.2, -0.15) is 5.26 Å². The Bertz CT molecular complexity index is 1180. The number of benzene rings is 2. The van der Waals surface area contributed by atoms with Crippen molar-refractivity contribution in [3.8, 4) is 17.6 Å². The number of hydrogen-bond donors (Lipinski definition) is 1. The summed E-state index contributed by atoms with van der Waals surface area (Å²) in [7, 11) is 3.18. The number of nitrogens with zero attached hydrogens (tertiary/aromatic N) is 1. The summed E-state index contributed by atoms with van der Waals surface area (Å²) in [4.78, 5) is 13.4. The van der Waals surface area contributed by atoms with Crippen LogP contribution in [-0.4, -0.2) is 20.0 Å². The van der Waals surface area contributed by atoms with Crippen LogP contribution in [0.3, 0.4) is 0 Å². The number of dihydropyridines is 1. The average Bonchev–Trinajstić information content (AvgIpc) is 2.81. The Kier molecular flexibility index (Phi) is 6.53. The van der Waals surface area contributed by atoms with Crippen LogP contribution in [0.15, 0.2) is 70.4 Å². The number of carbonyl (C=O) groups excluding carboxylic acids is 1. The van der Waals surface area contributed by atoms with E-state index < -0.39 is 5.92 Å². The van der Waals surface area contributed by atoms with Gasteiger partial charge < -0.3 is 14.8 Å². The van der Waals surface area contributed by atoms with Gasteiger partial charge in [-0.05, 0) is 35.1 Å². The van der Waals surface area contributed by atoms with E-state index in [1.165, 1.54) is 5.56 Å². The Morgan fingerprint density at radius 3 is 2.48 bits per heavy atom. The van der Waals surface area contributed by atoms with Gasteiger partial charge in [-0.1, -0.05) is 50.2 Å². The molecule has 0 fully saturated rings. The fraction of sp³-hybridized carbons (Fsp3) is 0.333. The first-order valence-electron chi connectivity index (χ1n) is 10.9. The van der Waals surface area contributed by atoms with E-state index in [-0.39, 0.29) is 11.2 Å². The molecule has 2 aromatic carbocycles. The molecule has 1 heterocycles. The van der Waals surface area contributed by atoms with Gasteiger partial charge in [0.2, 0.25) is 0 Å². The first kappa shape index (κ1) is 23.0. The van der Waals surface area contributed by atoms with Crippen LogP contribution in [-0.2, 0) is 10.5 Å². The van der Waals surface area contributed by atoms with E-state index >= 15 is 0 Å². The number of carbonyl (C=O) groups is 1. The van der Waals surface area contributed by atoms with E-state index in [9.17, 15) is 10.1 Å². The van der Waals surface area contributed by atoms with Crippen molar-refractivity contribution in [1.82, 2.24) is 5.32 Å². The van der Waals surface area contributed by atoms with Crippen molar-refractivity contribution in [3.05, 3.63) is 81.5 Å². The molecule has 0 amide bonds. The zero-order valence-corrected chi connectivity index (χ0v) is 20.2. The molecule has 6 heteroatoms. The van der Waals surface area contributed by atoms with Crippen LogP contribution >= 0.6 is 11.8 Å². The van der Waals surface area contributed by atoms with Gasteiger partial charge in [0.05, 0.1) is 36.8 Å². The van der Waals surface area contributed by atoms with Gasteiger partial charge in [-0.15, -0.1) is 11.8 Å². The second kappa shape index (κ2) is 9.36. The molecule has 0 saturated heterocycles. The second-order valence-corrected chi connectivity index (χ2v) is 10.1. The number of ketones is 1. The number of hydrogen-bond acceptors (Lipinski definition) is 6. The van der Waals surface area contributed by atoms with Gasteiger partial charge in [0.25, 0.3) is 0 Å². The number of rotatable bonds is 6. The Morgan fingerprint density at radius 1 is 1.09 bits per heavy atom. The maximum absolute atomic E-state index is 13.4. The zero-order chi connectivity index (χ0) is 23.6. The van der Waals surface area contributed by atoms with Gasteiger partial charge in [-0.25, -0.2) is 0 Å². The zero-order valence-electron chi connectivity index (χ0n) is 19.4. The van der Waals surface area contributed by atoms with Crippen molar-refractivity contribution in [2.45, 2.75) is 38.4 Å². The van der Waals surface area contributed by atoms with Gasteiger partial charge in [0.15, 0.2) is 17.3 Å².